The fraction of sp³-hybridized carbons (Fsp3) is 0.700. The van der Waals surface area contributed by atoms with E-state index in [0.29, 0.717) is 31.4 Å². The summed E-state index contributed by atoms with van der Waals surface area (Å²) in [6.45, 7) is 0.748. The SMILES string of the molecule is COCCOC(=O)OCN1C(=O)CC[C@]12CC1C[C@@]1(CO[C@H](C)c1cc(C(F)(F)F)cc(C(F)(F)F)c1)N(COC(=O)OCCOC)C2. The summed E-state index contributed by atoms with van der Waals surface area (Å²) in [5, 5.41) is 0. The number of nitrogens with zero attached hydrogens (tertiary/aromatic N) is 2. The molecule has 270 valence electrons. The molecule has 0 N–H and O–H groups in total. The van der Waals surface area contributed by atoms with Gasteiger partial charge in [-0.1, -0.05) is 0 Å². The summed E-state index contributed by atoms with van der Waals surface area (Å²) < 4.78 is 117. The number of benzene rings is 1. The first kappa shape index (κ1) is 37.5. The third-order valence-electron chi connectivity index (χ3n) is 8.95. The first-order valence-corrected chi connectivity index (χ1v) is 15.1. The zero-order chi connectivity index (χ0) is 35.3. The van der Waals surface area contributed by atoms with Crippen molar-refractivity contribution in [2.75, 3.05) is 67.3 Å². The van der Waals surface area contributed by atoms with Gasteiger partial charge >= 0.3 is 24.7 Å². The topological polar surface area (TPSA) is 122 Å². The normalized spacial score (nSPS) is 24.7. The maximum absolute atomic E-state index is 13.5. The molecule has 2 saturated heterocycles. The standard InChI is InChI=1S/C30H38F6N2O10/c1-19(20-10-21(29(31,32)33)12-22(11-20)30(34,35)36)46-16-28-14-23(28)13-27(15-37(28)17-47-25(40)44-8-6-42-2)5-4-24(39)38(27)18-48-26(41)45-9-7-43-3/h10-12,19,23H,4-9,13-18H2,1-3H3/t19-,23?,27-,28+/m1/s1. The summed E-state index contributed by atoms with van der Waals surface area (Å²) in [5.41, 5.74) is -4.89. The number of likely N-dealkylation sites (tertiary alicyclic amines) is 2. The average Bonchev–Trinajstić information content (AvgIpc) is 3.66. The van der Waals surface area contributed by atoms with Gasteiger partial charge in [0.1, 0.15) is 19.9 Å². The minimum Gasteiger partial charge on any atom is -0.432 e. The van der Waals surface area contributed by atoms with Gasteiger partial charge in [-0.05, 0) is 55.9 Å². The smallest absolute Gasteiger partial charge is 0.432 e. The van der Waals surface area contributed by atoms with Crippen LogP contribution in [0, 0.1) is 5.92 Å². The summed E-state index contributed by atoms with van der Waals surface area (Å²) >= 11 is 0. The van der Waals surface area contributed by atoms with E-state index in [4.69, 9.17) is 33.2 Å². The van der Waals surface area contributed by atoms with E-state index in [-0.39, 0.29) is 76.2 Å². The van der Waals surface area contributed by atoms with Gasteiger partial charge in [0.15, 0.2) is 6.73 Å². The Balaban J connectivity index is 1.52. The minimum absolute atomic E-state index is 0.0505. The van der Waals surface area contributed by atoms with Crippen molar-refractivity contribution in [3.8, 4) is 0 Å². The number of ether oxygens (including phenoxy) is 7. The molecule has 18 heteroatoms. The monoisotopic (exact) mass is 700 g/mol. The maximum Gasteiger partial charge on any atom is 0.510 e. The Morgan fingerprint density at radius 2 is 1.42 bits per heavy atom. The maximum atomic E-state index is 13.5. The molecule has 0 aromatic heterocycles. The number of hydrogen-bond acceptors (Lipinski definition) is 11. The summed E-state index contributed by atoms with van der Waals surface area (Å²) in [5.74, 6) is -0.455. The molecule has 48 heavy (non-hydrogen) atoms. The minimum atomic E-state index is -5.02. The van der Waals surface area contributed by atoms with Gasteiger partial charge in [0.2, 0.25) is 5.91 Å². The van der Waals surface area contributed by atoms with Crippen LogP contribution < -0.4 is 0 Å². The Morgan fingerprint density at radius 3 is 1.96 bits per heavy atom. The van der Waals surface area contributed by atoms with Crippen molar-refractivity contribution in [3.63, 3.8) is 0 Å². The largest absolute Gasteiger partial charge is 0.510 e. The highest BCUT2D eigenvalue weighted by atomic mass is 19.4. The fourth-order valence-corrected chi connectivity index (χ4v) is 6.28. The molecule has 4 rings (SSSR count). The Morgan fingerprint density at radius 1 is 0.854 bits per heavy atom. The second-order valence-corrected chi connectivity index (χ2v) is 12.0. The van der Waals surface area contributed by atoms with E-state index in [1.165, 1.54) is 26.0 Å². The summed E-state index contributed by atoms with van der Waals surface area (Å²) in [7, 11) is 2.85. The molecule has 0 bridgehead atoms. The molecule has 1 saturated carbocycles. The van der Waals surface area contributed by atoms with E-state index in [1.54, 1.807) is 4.90 Å². The number of piperidine rings is 1. The summed E-state index contributed by atoms with van der Waals surface area (Å²) in [6.07, 6.45) is -11.8. The van der Waals surface area contributed by atoms with E-state index in [0.717, 1.165) is 0 Å². The zero-order valence-electron chi connectivity index (χ0n) is 26.6. The lowest BCUT2D eigenvalue weighted by Gasteiger charge is -2.48. The number of methoxy groups -OCH3 is 2. The number of amides is 1. The molecule has 3 fully saturated rings. The van der Waals surface area contributed by atoms with Gasteiger partial charge in [-0.15, -0.1) is 0 Å². The number of hydrogen-bond donors (Lipinski definition) is 0. The first-order valence-electron chi connectivity index (χ1n) is 15.1. The number of fused-ring (bicyclic) bond motifs is 1. The van der Waals surface area contributed by atoms with E-state index in [2.05, 4.69) is 0 Å². The van der Waals surface area contributed by atoms with Crippen molar-refractivity contribution >= 4 is 18.2 Å². The molecule has 1 unspecified atom stereocenters. The molecule has 1 aromatic rings. The van der Waals surface area contributed by atoms with Gasteiger partial charge in [0, 0.05) is 27.2 Å². The third-order valence-corrected chi connectivity index (χ3v) is 8.95. The lowest BCUT2D eigenvalue weighted by Crippen LogP contribution is -2.62. The molecule has 2 heterocycles. The molecular formula is C30H38F6N2O10. The Labute approximate surface area is 272 Å². The molecule has 1 spiro atoms. The van der Waals surface area contributed by atoms with Gasteiger partial charge in [0.05, 0.1) is 48.1 Å². The number of alkyl halides is 6. The predicted octanol–water partition coefficient (Wildman–Crippen LogP) is 5.14. The molecule has 1 amide bonds. The molecular weight excluding hydrogens is 662 g/mol. The van der Waals surface area contributed by atoms with E-state index in [1.807, 2.05) is 0 Å². The van der Waals surface area contributed by atoms with Crippen LogP contribution in [0.3, 0.4) is 0 Å². The second-order valence-electron chi connectivity index (χ2n) is 12.0. The van der Waals surface area contributed by atoms with Crippen molar-refractivity contribution in [1.82, 2.24) is 9.80 Å². The first-order chi connectivity index (χ1) is 22.5. The van der Waals surface area contributed by atoms with Crippen LogP contribution in [0.1, 0.15) is 55.4 Å². The molecule has 2 aliphatic heterocycles. The molecule has 4 atom stereocenters. The van der Waals surface area contributed by atoms with Gasteiger partial charge in [-0.25, -0.2) is 9.59 Å². The van der Waals surface area contributed by atoms with Crippen molar-refractivity contribution in [3.05, 3.63) is 34.9 Å². The van der Waals surface area contributed by atoms with Crippen molar-refractivity contribution < 1.29 is 73.9 Å². The van der Waals surface area contributed by atoms with Crippen LogP contribution in [0.5, 0.6) is 0 Å². The molecule has 1 aromatic carbocycles. The van der Waals surface area contributed by atoms with Crippen LogP contribution in [0.2, 0.25) is 0 Å². The average molecular weight is 701 g/mol. The molecule has 3 aliphatic rings. The highest BCUT2D eigenvalue weighted by Gasteiger charge is 2.67. The van der Waals surface area contributed by atoms with Crippen LogP contribution >= 0.6 is 0 Å². The summed E-state index contributed by atoms with van der Waals surface area (Å²) in [6, 6.07) is 1.29. The second kappa shape index (κ2) is 15.0. The highest BCUT2D eigenvalue weighted by molar-refractivity contribution is 5.80. The van der Waals surface area contributed by atoms with Crippen molar-refractivity contribution in [1.29, 1.82) is 0 Å². The highest BCUT2D eigenvalue weighted by Crippen LogP contribution is 2.59. The molecule has 1 aliphatic carbocycles. The predicted molar refractivity (Wildman–Crippen MR) is 150 cm³/mol. The van der Waals surface area contributed by atoms with Crippen molar-refractivity contribution in [2.24, 2.45) is 5.92 Å². The van der Waals surface area contributed by atoms with E-state index in [9.17, 15) is 40.7 Å². The third kappa shape index (κ3) is 8.81. The molecule has 12 nitrogen and oxygen atoms in total. The van der Waals surface area contributed by atoms with Crippen LogP contribution in [0.15, 0.2) is 18.2 Å². The lowest BCUT2D eigenvalue weighted by atomic mass is 9.83. The van der Waals surface area contributed by atoms with Gasteiger partial charge < -0.3 is 38.1 Å². The van der Waals surface area contributed by atoms with Crippen LogP contribution in [0.4, 0.5) is 35.9 Å². The van der Waals surface area contributed by atoms with Crippen molar-refractivity contribution in [2.45, 2.75) is 62.1 Å². The van der Waals surface area contributed by atoms with E-state index < -0.39 is 59.7 Å². The zero-order valence-corrected chi connectivity index (χ0v) is 26.6. The lowest BCUT2D eigenvalue weighted by molar-refractivity contribution is -0.144. The number of carbonyl (C=O) groups is 3. The van der Waals surface area contributed by atoms with E-state index >= 15 is 0 Å². The van der Waals surface area contributed by atoms with Gasteiger partial charge in [-0.3, -0.25) is 9.69 Å². The number of carbonyl (C=O) groups excluding carboxylic acids is 3. The Hall–Kier alpha value is -3.35. The van der Waals surface area contributed by atoms with Crippen LogP contribution in [0.25, 0.3) is 0 Å². The van der Waals surface area contributed by atoms with Crippen LogP contribution in [-0.2, 0) is 50.3 Å². The van der Waals surface area contributed by atoms with Gasteiger partial charge in [-0.2, -0.15) is 26.3 Å². The Kier molecular flexibility index (Phi) is 11.7. The summed E-state index contributed by atoms with van der Waals surface area (Å²) in [4.78, 5) is 40.5. The fourth-order valence-electron chi connectivity index (χ4n) is 6.28. The Bertz CT molecular complexity index is 1280. The quantitative estimate of drug-likeness (QED) is 0.146. The molecule has 0 radical (unpaired) electrons. The van der Waals surface area contributed by atoms with Crippen LogP contribution in [-0.4, -0.2) is 106 Å². The number of rotatable bonds is 14. The number of halogens is 6. The van der Waals surface area contributed by atoms with Gasteiger partial charge in [0.25, 0.3) is 0 Å².